The summed E-state index contributed by atoms with van der Waals surface area (Å²) in [6.45, 7) is 2.30. The number of nitrogens with zero attached hydrogens (tertiary/aromatic N) is 1. The summed E-state index contributed by atoms with van der Waals surface area (Å²) in [4.78, 5) is 0.345. The maximum Gasteiger partial charge on any atom is 0.264 e. The van der Waals surface area contributed by atoms with Crippen LogP contribution < -0.4 is 4.31 Å². The molecule has 0 saturated heterocycles. The van der Waals surface area contributed by atoms with E-state index < -0.39 is 10.0 Å². The van der Waals surface area contributed by atoms with Crippen molar-refractivity contribution in [2.75, 3.05) is 10.8 Å². The number of fused-ring (bicyclic) bond motifs is 1. The van der Waals surface area contributed by atoms with E-state index in [-0.39, 0.29) is 0 Å². The molecule has 0 amide bonds. The van der Waals surface area contributed by atoms with Crippen LogP contribution in [0.2, 0.25) is 0 Å². The van der Waals surface area contributed by atoms with Gasteiger partial charge in [0.2, 0.25) is 0 Å². The SMILES string of the molecule is Cc1c(CCl)cccc1S(=O)(=O)N1CCc2ccccc21. The molecule has 110 valence electrons. The van der Waals surface area contributed by atoms with Crippen LogP contribution in [0.3, 0.4) is 0 Å². The second-order valence-electron chi connectivity index (χ2n) is 5.13. The number of sulfonamides is 1. The Morgan fingerprint density at radius 1 is 1.14 bits per heavy atom. The Kier molecular flexibility index (Phi) is 3.68. The van der Waals surface area contributed by atoms with Crippen LogP contribution in [0.1, 0.15) is 16.7 Å². The molecular formula is C16H16ClNO2S. The van der Waals surface area contributed by atoms with Crippen LogP contribution in [0, 0.1) is 6.92 Å². The average Bonchev–Trinajstić information content (AvgIpc) is 2.92. The highest BCUT2D eigenvalue weighted by molar-refractivity contribution is 7.93. The summed E-state index contributed by atoms with van der Waals surface area (Å²) >= 11 is 5.89. The van der Waals surface area contributed by atoms with Gasteiger partial charge in [-0.15, -0.1) is 11.6 Å². The van der Waals surface area contributed by atoms with Crippen LogP contribution in [0.5, 0.6) is 0 Å². The Bertz CT molecular complexity index is 787. The predicted molar refractivity (Wildman–Crippen MR) is 85.4 cm³/mol. The van der Waals surface area contributed by atoms with Gasteiger partial charge >= 0.3 is 0 Å². The molecule has 3 rings (SSSR count). The van der Waals surface area contributed by atoms with Crippen molar-refractivity contribution < 1.29 is 8.42 Å². The van der Waals surface area contributed by atoms with Gasteiger partial charge in [0.25, 0.3) is 10.0 Å². The number of alkyl halides is 1. The Morgan fingerprint density at radius 3 is 2.67 bits per heavy atom. The lowest BCUT2D eigenvalue weighted by Gasteiger charge is -2.21. The maximum atomic E-state index is 13.0. The van der Waals surface area contributed by atoms with Gasteiger partial charge in [0.15, 0.2) is 0 Å². The van der Waals surface area contributed by atoms with E-state index in [1.54, 1.807) is 12.1 Å². The zero-order valence-electron chi connectivity index (χ0n) is 11.7. The lowest BCUT2D eigenvalue weighted by Crippen LogP contribution is -2.29. The molecule has 1 heterocycles. The third-order valence-electron chi connectivity index (χ3n) is 3.95. The molecule has 0 bridgehead atoms. The van der Waals surface area contributed by atoms with Crippen LogP contribution in [0.4, 0.5) is 5.69 Å². The summed E-state index contributed by atoms with van der Waals surface area (Å²) in [6.07, 6.45) is 0.754. The highest BCUT2D eigenvalue weighted by Gasteiger charge is 2.31. The summed E-state index contributed by atoms with van der Waals surface area (Å²) < 4.78 is 27.4. The molecule has 0 N–H and O–H groups in total. The molecule has 2 aromatic carbocycles. The Balaban J connectivity index is 2.11. The van der Waals surface area contributed by atoms with Gasteiger partial charge in [-0.25, -0.2) is 8.42 Å². The minimum atomic E-state index is -3.54. The Morgan fingerprint density at radius 2 is 1.90 bits per heavy atom. The van der Waals surface area contributed by atoms with E-state index in [0.717, 1.165) is 28.8 Å². The van der Waals surface area contributed by atoms with E-state index >= 15 is 0 Å². The highest BCUT2D eigenvalue weighted by Crippen LogP contribution is 2.34. The number of benzene rings is 2. The molecule has 0 spiro atoms. The Hall–Kier alpha value is -1.52. The van der Waals surface area contributed by atoms with Crippen LogP contribution in [0.15, 0.2) is 47.4 Å². The van der Waals surface area contributed by atoms with E-state index in [9.17, 15) is 8.42 Å². The molecule has 0 aliphatic carbocycles. The average molecular weight is 322 g/mol. The third-order valence-corrected chi connectivity index (χ3v) is 6.20. The van der Waals surface area contributed by atoms with Crippen molar-refractivity contribution in [3.8, 4) is 0 Å². The summed E-state index contributed by atoms with van der Waals surface area (Å²) in [6, 6.07) is 12.9. The predicted octanol–water partition coefficient (Wildman–Crippen LogP) is 3.49. The first-order chi connectivity index (χ1) is 10.1. The number of hydrogen-bond acceptors (Lipinski definition) is 2. The summed E-state index contributed by atoms with van der Waals surface area (Å²) in [5, 5.41) is 0. The number of anilines is 1. The van der Waals surface area contributed by atoms with Crippen LogP contribution in [0.25, 0.3) is 0 Å². The molecule has 2 aromatic rings. The largest absolute Gasteiger partial charge is 0.266 e. The summed E-state index contributed by atoms with van der Waals surface area (Å²) in [5.74, 6) is 0.311. The first-order valence-electron chi connectivity index (χ1n) is 6.81. The minimum absolute atomic E-state index is 0.311. The molecule has 1 aliphatic rings. The fourth-order valence-electron chi connectivity index (χ4n) is 2.76. The van der Waals surface area contributed by atoms with E-state index in [0.29, 0.717) is 17.3 Å². The quantitative estimate of drug-likeness (QED) is 0.812. The van der Waals surface area contributed by atoms with Crippen molar-refractivity contribution in [1.82, 2.24) is 0 Å². The maximum absolute atomic E-state index is 13.0. The lowest BCUT2D eigenvalue weighted by atomic mass is 10.1. The second-order valence-corrected chi connectivity index (χ2v) is 7.23. The van der Waals surface area contributed by atoms with Gasteiger partial charge in [0.05, 0.1) is 10.6 Å². The first kappa shape index (κ1) is 14.4. The first-order valence-corrected chi connectivity index (χ1v) is 8.78. The number of rotatable bonds is 3. The molecule has 0 aromatic heterocycles. The number of hydrogen-bond donors (Lipinski definition) is 0. The molecule has 0 fully saturated rings. The van der Waals surface area contributed by atoms with Gasteiger partial charge in [0, 0.05) is 12.4 Å². The standard InChI is InChI=1S/C16H16ClNO2S/c1-12-14(11-17)6-4-8-16(12)21(19,20)18-10-9-13-5-2-3-7-15(13)18/h2-8H,9-11H2,1H3. The van der Waals surface area contributed by atoms with Crippen LogP contribution in [-0.2, 0) is 22.3 Å². The molecule has 0 unspecified atom stereocenters. The van der Waals surface area contributed by atoms with Crippen molar-refractivity contribution in [2.24, 2.45) is 0 Å². The second kappa shape index (κ2) is 5.35. The molecular weight excluding hydrogens is 306 g/mol. The molecule has 5 heteroatoms. The Labute approximate surface area is 130 Å². The van der Waals surface area contributed by atoms with E-state index in [1.165, 1.54) is 4.31 Å². The topological polar surface area (TPSA) is 37.4 Å². The van der Waals surface area contributed by atoms with Crippen molar-refractivity contribution in [2.45, 2.75) is 24.1 Å². The molecule has 0 radical (unpaired) electrons. The summed E-state index contributed by atoms with van der Waals surface area (Å²) in [7, 11) is -3.54. The molecule has 3 nitrogen and oxygen atoms in total. The van der Waals surface area contributed by atoms with E-state index in [4.69, 9.17) is 11.6 Å². The normalized spacial score (nSPS) is 14.3. The molecule has 0 saturated carbocycles. The molecule has 21 heavy (non-hydrogen) atoms. The van der Waals surface area contributed by atoms with Gasteiger partial charge in [-0.3, -0.25) is 4.31 Å². The van der Waals surface area contributed by atoms with Gasteiger partial charge in [-0.1, -0.05) is 30.3 Å². The zero-order valence-corrected chi connectivity index (χ0v) is 13.3. The number of halogens is 1. The van der Waals surface area contributed by atoms with Crippen molar-refractivity contribution in [3.63, 3.8) is 0 Å². The molecule has 0 atom stereocenters. The third kappa shape index (κ3) is 2.32. The fraction of sp³-hybridized carbons (Fsp3) is 0.250. The van der Waals surface area contributed by atoms with Gasteiger partial charge in [-0.05, 0) is 42.2 Å². The number of para-hydroxylation sites is 1. The smallest absolute Gasteiger partial charge is 0.264 e. The van der Waals surface area contributed by atoms with Crippen LogP contribution in [-0.4, -0.2) is 15.0 Å². The van der Waals surface area contributed by atoms with Crippen LogP contribution >= 0.6 is 11.6 Å². The minimum Gasteiger partial charge on any atom is -0.266 e. The van der Waals surface area contributed by atoms with E-state index in [1.807, 2.05) is 37.3 Å². The van der Waals surface area contributed by atoms with Gasteiger partial charge in [-0.2, -0.15) is 0 Å². The zero-order chi connectivity index (χ0) is 15.0. The summed E-state index contributed by atoms with van der Waals surface area (Å²) in [5.41, 5.74) is 3.45. The van der Waals surface area contributed by atoms with E-state index in [2.05, 4.69) is 0 Å². The van der Waals surface area contributed by atoms with Crippen molar-refractivity contribution >= 4 is 27.3 Å². The molecule has 1 aliphatic heterocycles. The van der Waals surface area contributed by atoms with Gasteiger partial charge < -0.3 is 0 Å². The highest BCUT2D eigenvalue weighted by atomic mass is 35.5. The van der Waals surface area contributed by atoms with Crippen molar-refractivity contribution in [3.05, 3.63) is 59.2 Å². The monoisotopic (exact) mass is 321 g/mol. The van der Waals surface area contributed by atoms with Crippen molar-refractivity contribution in [1.29, 1.82) is 0 Å². The fourth-order valence-corrected chi connectivity index (χ4v) is 4.82. The lowest BCUT2D eigenvalue weighted by molar-refractivity contribution is 0.591. The van der Waals surface area contributed by atoms with Gasteiger partial charge in [0.1, 0.15) is 0 Å².